The Kier molecular flexibility index (Phi) is 35.2. The first-order chi connectivity index (χ1) is 61.6. The van der Waals surface area contributed by atoms with Gasteiger partial charge in [0, 0.05) is 40.9 Å². The minimum Gasteiger partial charge on any atom is -0.468 e. The third-order valence-electron chi connectivity index (χ3n) is 18.7. The molecule has 0 bridgehead atoms. The number of methoxy groups -OCH3 is 1. The van der Waals surface area contributed by atoms with Gasteiger partial charge in [0.25, 0.3) is 0 Å². The van der Waals surface area contributed by atoms with Gasteiger partial charge in [-0.1, -0.05) is 189 Å². The van der Waals surface area contributed by atoms with E-state index in [1.54, 1.807) is 30.3 Å². The molecule has 15 aromatic rings. The van der Waals surface area contributed by atoms with Crippen LogP contribution >= 0.6 is 68.4 Å². The van der Waals surface area contributed by atoms with Gasteiger partial charge in [-0.3, -0.25) is 47.4 Å². The molecule has 10 heterocycles. The second kappa shape index (κ2) is 46.9. The molecular formula is C90H102N22O10S6. The molecule has 0 saturated heterocycles. The number of aromatic nitrogens is 20. The zero-order valence-electron chi connectivity index (χ0n) is 74.5. The van der Waals surface area contributed by atoms with Gasteiger partial charge in [-0.2, -0.15) is 25.5 Å². The SMILES string of the molecule is CCN(CC)CCOC(=O)Cn1nc(C)cc1-c1nnc(-c2cccc(C)c2)s1.CCOC(=O)Cn1nc(C)cc1-c1nnc(-c2cccc(C)c2)s1.COC(=O)Cn1nc(C)cc1-c1nnc(-c2cccc(C)c2)s1.CSCOC(=O)Cn1nc(C)cc1-c1nnc(-c2cccc(C)c2)s1.Cc1cccc(-c2nnc(-c3cc(C)nn3CC(=O)OCCN(C)C)s2)c1. The van der Waals surface area contributed by atoms with Gasteiger partial charge in [-0.05, 0) is 170 Å². The lowest BCUT2D eigenvalue weighted by molar-refractivity contribution is -0.145. The molecule has 0 atom stereocenters. The molecule has 0 radical (unpaired) electrons. The molecule has 5 aromatic carbocycles. The molecule has 0 aliphatic rings. The van der Waals surface area contributed by atoms with Crippen molar-refractivity contribution >= 4 is 98.3 Å². The number of carbonyl (C=O) groups is 5. The number of esters is 5. The van der Waals surface area contributed by atoms with Crippen molar-refractivity contribution in [3.05, 3.63) is 208 Å². The van der Waals surface area contributed by atoms with Crippen LogP contribution in [0, 0.1) is 69.2 Å². The summed E-state index contributed by atoms with van der Waals surface area (Å²) in [5, 5.41) is 72.7. The third-order valence-corrected chi connectivity index (χ3v) is 24.0. The Hall–Kier alpha value is -12.4. The molecular weight excluding hydrogens is 1740 g/mol. The van der Waals surface area contributed by atoms with E-state index in [2.05, 4.69) is 139 Å². The summed E-state index contributed by atoms with van der Waals surface area (Å²) in [6, 6.07) is 50.2. The summed E-state index contributed by atoms with van der Waals surface area (Å²) in [7, 11) is 5.23. The number of benzene rings is 5. The lowest BCUT2D eigenvalue weighted by Crippen LogP contribution is -2.28. The average molecular weight is 1840 g/mol. The molecule has 0 N–H and O–H groups in total. The van der Waals surface area contributed by atoms with Crippen LogP contribution in [0.25, 0.3) is 106 Å². The largest absolute Gasteiger partial charge is 0.468 e. The van der Waals surface area contributed by atoms with Crippen molar-refractivity contribution < 1.29 is 47.7 Å². The maximum absolute atomic E-state index is 12.3. The summed E-state index contributed by atoms with van der Waals surface area (Å²) < 4.78 is 33.6. The Labute approximate surface area is 766 Å². The number of aryl methyl sites for hydroxylation is 10. The Morgan fingerprint density at radius 2 is 0.570 bits per heavy atom. The predicted molar refractivity (Wildman–Crippen MR) is 502 cm³/mol. The highest BCUT2D eigenvalue weighted by Gasteiger charge is 2.24. The molecule has 10 aromatic heterocycles. The van der Waals surface area contributed by atoms with Crippen LogP contribution in [0.15, 0.2) is 152 Å². The monoisotopic (exact) mass is 1840 g/mol. The van der Waals surface area contributed by atoms with E-state index >= 15 is 0 Å². The Morgan fingerprint density at radius 1 is 0.328 bits per heavy atom. The highest BCUT2D eigenvalue weighted by atomic mass is 32.2. The number of thioether (sulfide) groups is 1. The third kappa shape index (κ3) is 27.8. The maximum atomic E-state index is 12.3. The van der Waals surface area contributed by atoms with Gasteiger partial charge in [0.2, 0.25) is 0 Å². The minimum absolute atomic E-state index is 0.0515. The summed E-state index contributed by atoms with van der Waals surface area (Å²) in [6.45, 7) is 30.3. The number of rotatable bonds is 31. The Morgan fingerprint density at radius 3 is 0.805 bits per heavy atom. The fourth-order valence-corrected chi connectivity index (χ4v) is 17.2. The smallest absolute Gasteiger partial charge is 0.328 e. The van der Waals surface area contributed by atoms with E-state index in [0.29, 0.717) is 32.3 Å². The molecule has 0 unspecified atom stereocenters. The summed E-state index contributed by atoms with van der Waals surface area (Å²) in [6.07, 6.45) is 1.88. The van der Waals surface area contributed by atoms with E-state index in [1.807, 2.05) is 203 Å². The van der Waals surface area contributed by atoms with Crippen molar-refractivity contribution in [2.24, 2.45) is 0 Å². The van der Waals surface area contributed by atoms with Crippen molar-refractivity contribution in [1.82, 2.24) is 110 Å². The molecule has 32 nitrogen and oxygen atoms in total. The number of ether oxygens (including phenoxy) is 5. The molecule has 0 aliphatic carbocycles. The predicted octanol–water partition coefficient (Wildman–Crippen LogP) is 16.0. The van der Waals surface area contributed by atoms with Gasteiger partial charge in [0.1, 0.15) is 76.9 Å². The first-order valence-electron chi connectivity index (χ1n) is 40.9. The van der Waals surface area contributed by atoms with Crippen LogP contribution in [0.4, 0.5) is 0 Å². The van der Waals surface area contributed by atoms with Crippen LogP contribution in [-0.4, -0.2) is 219 Å². The van der Waals surface area contributed by atoms with Crippen molar-refractivity contribution in [2.75, 3.05) is 79.4 Å². The standard InChI is InChI=1S/C21H27N5O2S.C19H23N5O2S.C17H18N4O2S2.C17H18N4O2S.C16H16N4O2S/c1-5-25(6-2)10-11-28-19(27)14-26-18(13-16(4)24-26)21-23-22-20(29-21)17-9-7-8-15(3)12-17;1-13-6-5-7-15(10-13)18-20-21-19(27-18)16-11-14(2)22-24(16)12-17(25)26-9-8-23(3)4;1-11-5-4-6-13(7-11)16-18-19-17(25-16)14-8-12(2)20-21(14)9-15(22)23-10-24-3;1-4-23-15(22)10-21-14(9-12(3)20-21)17-19-18-16(24-17)13-7-5-6-11(2)8-13;1-10-5-4-6-12(7-10)15-17-18-16(23-15)13-8-11(2)19-20(13)9-14(21)22-3/h7-9,12-13H,5-6,10-11,14H2,1-4H3;5-7,10-11H,8-9,12H2,1-4H3;4-8H,9-10H2,1-3H3;5-9H,4,10H2,1-3H3;4-8H,9H2,1-3H3. The number of carbonyl (C=O) groups excluding carboxylic acids is 5. The first-order valence-corrected chi connectivity index (χ1v) is 46.4. The van der Waals surface area contributed by atoms with E-state index < -0.39 is 0 Å². The van der Waals surface area contributed by atoms with Crippen LogP contribution in [0.1, 0.15) is 77.1 Å². The number of hydrogen-bond donors (Lipinski definition) is 0. The lowest BCUT2D eigenvalue weighted by Gasteiger charge is -2.17. The maximum Gasteiger partial charge on any atom is 0.328 e. The first kappa shape index (κ1) is 96.2. The minimum atomic E-state index is -0.349. The molecule has 128 heavy (non-hydrogen) atoms. The summed E-state index contributed by atoms with van der Waals surface area (Å²) in [4.78, 5) is 63.8. The Balaban J connectivity index is 0.000000155. The number of hydrogen-bond acceptors (Lipinski definition) is 33. The van der Waals surface area contributed by atoms with Crippen LogP contribution in [0.3, 0.4) is 0 Å². The van der Waals surface area contributed by atoms with E-state index in [0.717, 1.165) is 154 Å². The molecule has 0 aliphatic heterocycles. The fourth-order valence-electron chi connectivity index (χ4n) is 12.6. The molecule has 38 heteroatoms. The van der Waals surface area contributed by atoms with Gasteiger partial charge in [-0.25, -0.2) is 0 Å². The second-order valence-electron chi connectivity index (χ2n) is 29.6. The topological polar surface area (TPSA) is 356 Å². The second-order valence-corrected chi connectivity index (χ2v) is 35.3. The summed E-state index contributed by atoms with van der Waals surface area (Å²) >= 11 is 8.86. The zero-order chi connectivity index (χ0) is 91.5. The molecule has 0 spiro atoms. The molecule has 668 valence electrons. The van der Waals surface area contributed by atoms with E-state index in [9.17, 15) is 24.0 Å². The van der Waals surface area contributed by atoms with Crippen LogP contribution in [0.5, 0.6) is 0 Å². The highest BCUT2D eigenvalue weighted by molar-refractivity contribution is 7.98. The lowest BCUT2D eigenvalue weighted by atomic mass is 10.1. The van der Waals surface area contributed by atoms with Crippen molar-refractivity contribution in [3.8, 4) is 106 Å². The quantitative estimate of drug-likeness (QED) is 0.0221. The zero-order valence-corrected chi connectivity index (χ0v) is 79.4. The normalized spacial score (nSPS) is 11.0. The van der Waals surface area contributed by atoms with Crippen LogP contribution < -0.4 is 0 Å². The fraction of sp³-hybridized carbons (Fsp3) is 0.333. The van der Waals surface area contributed by atoms with Gasteiger partial charge >= 0.3 is 29.8 Å². The summed E-state index contributed by atoms with van der Waals surface area (Å²) in [5.74, 6) is -1.26. The van der Waals surface area contributed by atoms with Gasteiger partial charge in [-0.15, -0.1) is 62.7 Å². The molecule has 0 amide bonds. The van der Waals surface area contributed by atoms with E-state index in [-0.39, 0.29) is 62.6 Å². The number of likely N-dealkylation sites (N-methyl/N-ethyl adjacent to an activating group) is 2. The van der Waals surface area contributed by atoms with Crippen molar-refractivity contribution in [3.63, 3.8) is 0 Å². The highest BCUT2D eigenvalue weighted by Crippen LogP contribution is 2.37. The van der Waals surface area contributed by atoms with Crippen LogP contribution in [0.2, 0.25) is 0 Å². The van der Waals surface area contributed by atoms with Gasteiger partial charge < -0.3 is 33.5 Å². The summed E-state index contributed by atoms with van der Waals surface area (Å²) in [5.41, 5.74) is 19.0. The average Bonchev–Trinajstić information content (AvgIpc) is 1.68. The van der Waals surface area contributed by atoms with Gasteiger partial charge in [0.05, 0.1) is 70.7 Å². The van der Waals surface area contributed by atoms with Crippen molar-refractivity contribution in [2.45, 2.75) is 123 Å². The van der Waals surface area contributed by atoms with Gasteiger partial charge in [0.15, 0.2) is 25.0 Å². The number of nitrogens with zero attached hydrogens (tertiary/aromatic N) is 22. The van der Waals surface area contributed by atoms with Crippen LogP contribution in [-0.2, 0) is 80.4 Å². The van der Waals surface area contributed by atoms with E-state index in [1.165, 1.54) is 103 Å². The molecule has 0 saturated carbocycles. The Bertz CT molecular complexity index is 6220. The molecule has 0 fully saturated rings. The van der Waals surface area contributed by atoms with E-state index in [4.69, 9.17) is 23.7 Å². The molecule has 15 rings (SSSR count). The van der Waals surface area contributed by atoms with Crippen molar-refractivity contribution in [1.29, 1.82) is 0 Å².